The molecule has 0 spiro atoms. The first-order valence-electron chi connectivity index (χ1n) is 46.1. The first-order valence-corrected chi connectivity index (χ1v) is 46.1. The van der Waals surface area contributed by atoms with Crippen molar-refractivity contribution in [3.63, 3.8) is 0 Å². The Balaban J connectivity index is 3.60. The molecule has 2 amide bonds. The van der Waals surface area contributed by atoms with Gasteiger partial charge in [-0.3, -0.25) is 24.2 Å². The summed E-state index contributed by atoms with van der Waals surface area (Å²) in [7, 11) is 0. The molecule has 51 nitrogen and oxygen atoms in total. The van der Waals surface area contributed by atoms with Crippen molar-refractivity contribution >= 4 is 17.6 Å². The Morgan fingerprint density at radius 1 is 0.222 bits per heavy atom. The molecular formula is C84H168N4O47. The van der Waals surface area contributed by atoms with Gasteiger partial charge >= 0.3 is 0 Å². The Morgan fingerprint density at radius 2 is 0.378 bits per heavy atom. The number of aliphatic hydroxyl groups excluding tert-OH is 20. The van der Waals surface area contributed by atoms with Gasteiger partial charge in [-0.25, -0.2) is 0 Å². The predicted molar refractivity (Wildman–Crippen MR) is 471 cm³/mol. The Kier molecular flexibility index (Phi) is 93.3. The van der Waals surface area contributed by atoms with E-state index < -0.39 is 156 Å². The summed E-state index contributed by atoms with van der Waals surface area (Å²) >= 11 is 0. The number of hydrogen-bond acceptors (Lipinski definition) is 49. The maximum Gasteiger partial charge on any atom is 0.222 e. The minimum atomic E-state index is -1.90. The molecule has 0 saturated heterocycles. The highest BCUT2D eigenvalue weighted by Crippen LogP contribution is 2.14. The Bertz CT molecular complexity index is 2490. The molecule has 0 unspecified atom stereocenters. The zero-order valence-electron chi connectivity index (χ0n) is 78.7. The summed E-state index contributed by atoms with van der Waals surface area (Å²) in [5.41, 5.74) is 0. The van der Waals surface area contributed by atoms with Crippen LogP contribution in [0.25, 0.3) is 0 Å². The van der Waals surface area contributed by atoms with E-state index in [1.165, 1.54) is 16.7 Å². The smallest absolute Gasteiger partial charge is 0.222 e. The molecule has 0 aliphatic rings. The van der Waals surface area contributed by atoms with Gasteiger partial charge in [-0.2, -0.15) is 0 Å². The van der Waals surface area contributed by atoms with Crippen LogP contribution in [0.1, 0.15) is 32.6 Å². The summed E-state index contributed by atoms with van der Waals surface area (Å²) in [6.45, 7) is 12.4. The number of aliphatic hydroxyl groups is 20. The fraction of sp³-hybridized carbons (Fsp3) is 0.964. The average molecular weight is 1990 g/mol. The number of ether oxygens (including phenoxy) is 24. The molecule has 0 radical (unpaired) electrons. The lowest BCUT2D eigenvalue weighted by Crippen LogP contribution is -2.53. The molecule has 51 heteroatoms. The topological polar surface area (TPSA) is 708 Å². The van der Waals surface area contributed by atoms with Crippen LogP contribution < -0.4 is 10.6 Å². The van der Waals surface area contributed by atoms with Gasteiger partial charge in [0, 0.05) is 58.7 Å². The molecule has 0 aromatic carbocycles. The van der Waals surface area contributed by atoms with Gasteiger partial charge < -0.3 is 226 Å². The number of ketones is 1. The van der Waals surface area contributed by atoms with Crippen LogP contribution in [0.5, 0.6) is 0 Å². The highest BCUT2D eigenvalue weighted by Gasteiger charge is 2.37. The minimum Gasteiger partial charge on any atom is -0.394 e. The maximum absolute atomic E-state index is 12.5. The number of nitrogens with one attached hydrogen (secondary N) is 2. The molecule has 0 aliphatic heterocycles. The van der Waals surface area contributed by atoms with E-state index >= 15 is 0 Å². The third-order valence-electron chi connectivity index (χ3n) is 19.1. The van der Waals surface area contributed by atoms with Gasteiger partial charge in [-0.05, 0) is 19.8 Å². The number of amides is 2. The summed E-state index contributed by atoms with van der Waals surface area (Å²) in [5.74, 6) is -0.711. The van der Waals surface area contributed by atoms with Crippen molar-refractivity contribution in [3.8, 4) is 0 Å². The fourth-order valence-electron chi connectivity index (χ4n) is 11.3. The molecule has 0 fully saturated rings. The first-order chi connectivity index (χ1) is 65.4. The van der Waals surface area contributed by atoms with E-state index in [2.05, 4.69) is 10.6 Å². The Hall–Kier alpha value is -3.23. The molecular weight excluding hydrogens is 1820 g/mol. The van der Waals surface area contributed by atoms with Gasteiger partial charge in [-0.15, -0.1) is 0 Å². The number of rotatable bonds is 108. The van der Waals surface area contributed by atoms with Crippen molar-refractivity contribution in [3.05, 3.63) is 0 Å². The van der Waals surface area contributed by atoms with E-state index in [-0.39, 0.29) is 116 Å². The third-order valence-corrected chi connectivity index (χ3v) is 19.1. The average Bonchev–Trinajstić information content (AvgIpc) is 0.871. The second kappa shape index (κ2) is 95.6. The molecule has 0 aromatic rings. The Labute approximate surface area is 791 Å². The van der Waals surface area contributed by atoms with Crippen LogP contribution in [0.2, 0.25) is 0 Å². The van der Waals surface area contributed by atoms with Crippen molar-refractivity contribution in [2.45, 2.75) is 136 Å². The maximum atomic E-state index is 12.5. The monoisotopic (exact) mass is 1990 g/mol. The van der Waals surface area contributed by atoms with Crippen molar-refractivity contribution in [1.29, 1.82) is 0 Å². The number of carbonyl (C=O) groups excluding carboxylic acids is 3. The standard InChI is InChI=1S/C84H168N4O47/c1-65(93)66(86-76(103)5-10-113-14-18-117-22-26-121-30-34-125-38-42-129-46-50-133-54-56-135-52-48-131-44-40-127-36-32-123-28-24-119-20-16-115-12-8-88(59-69(96)79(106)83(110)73(100)63-91)60-70(97)80(107)84(111)74(101)64-92)3-2-6-85-75(102)4-9-112-13-17-116-21-25-120-29-33-124-37-41-128-45-49-132-53-55-134-51-47-130-43-39-126-35-31-122-27-23-118-19-15-114-11-7-87(57-67(94)77(104)81(108)71(98)61-89)58-68(95)78(105)82(109)72(99)62-90/h66-74,77-84,89-92,94-101,104-111H,2-64H2,1H3,(H,85,102)(H,86,103)/t66-,67-,68-,69-,70-,71+,72+,73+,74+,77+,78+,79+,80+,81+,82+,83+,84+/m0/s1. The lowest BCUT2D eigenvalue weighted by molar-refractivity contribution is -0.131. The van der Waals surface area contributed by atoms with Gasteiger partial charge in [0.15, 0.2) is 5.78 Å². The molecule has 0 saturated carbocycles. The fourth-order valence-corrected chi connectivity index (χ4v) is 11.3. The molecule has 135 heavy (non-hydrogen) atoms. The summed E-state index contributed by atoms with van der Waals surface area (Å²) in [5, 5.41) is 203. The molecule has 0 rings (SSSR count). The van der Waals surface area contributed by atoms with Gasteiger partial charge in [0.25, 0.3) is 0 Å². The molecule has 0 bridgehead atoms. The number of hydrogen-bond donors (Lipinski definition) is 22. The number of nitrogens with zero attached hydrogens (tertiary/aromatic N) is 2. The van der Waals surface area contributed by atoms with Crippen molar-refractivity contribution in [1.82, 2.24) is 20.4 Å². The minimum absolute atomic E-state index is 0.0101. The van der Waals surface area contributed by atoms with E-state index in [0.717, 1.165) is 0 Å². The van der Waals surface area contributed by atoms with Gasteiger partial charge in [0.1, 0.15) is 73.2 Å². The Morgan fingerprint density at radius 3 is 0.548 bits per heavy atom. The number of Topliss-reactive ketones (excluding diaryl/α,β-unsaturated/α-hetero) is 1. The van der Waals surface area contributed by atoms with Crippen molar-refractivity contribution in [2.24, 2.45) is 0 Å². The second-order valence-electron chi connectivity index (χ2n) is 30.1. The third kappa shape index (κ3) is 78.9. The molecule has 22 N–H and O–H groups in total. The molecule has 17 atom stereocenters. The van der Waals surface area contributed by atoms with E-state index in [4.69, 9.17) is 134 Å². The van der Waals surface area contributed by atoms with E-state index in [1.807, 2.05) is 0 Å². The zero-order chi connectivity index (χ0) is 99.6. The van der Waals surface area contributed by atoms with Crippen LogP contribution in [0.15, 0.2) is 0 Å². The van der Waals surface area contributed by atoms with Gasteiger partial charge in [0.05, 0.1) is 374 Å². The quantitative estimate of drug-likeness (QED) is 0.0251. The molecule has 0 aromatic heterocycles. The largest absolute Gasteiger partial charge is 0.394 e. The van der Waals surface area contributed by atoms with Crippen LogP contribution in [-0.2, 0) is 128 Å². The van der Waals surface area contributed by atoms with Crippen LogP contribution in [0, 0.1) is 0 Å². The normalized spacial score (nSPS) is 16.0. The van der Waals surface area contributed by atoms with Crippen LogP contribution in [0.3, 0.4) is 0 Å². The second-order valence-corrected chi connectivity index (χ2v) is 30.1. The predicted octanol–water partition coefficient (Wildman–Crippen LogP) is -12.5. The van der Waals surface area contributed by atoms with Crippen molar-refractivity contribution < 1.29 is 230 Å². The van der Waals surface area contributed by atoms with Gasteiger partial charge in [-0.1, -0.05) is 0 Å². The van der Waals surface area contributed by atoms with Gasteiger partial charge in [0.2, 0.25) is 11.8 Å². The van der Waals surface area contributed by atoms with Crippen LogP contribution in [-0.4, -0.2) is 623 Å². The highest BCUT2D eigenvalue weighted by atomic mass is 16.6. The van der Waals surface area contributed by atoms with E-state index in [9.17, 15) is 96.1 Å². The summed E-state index contributed by atoms with van der Waals surface area (Å²) in [6, 6.07) is -0.684. The van der Waals surface area contributed by atoms with Crippen LogP contribution in [0.4, 0.5) is 0 Å². The van der Waals surface area contributed by atoms with E-state index in [1.54, 1.807) is 0 Å². The SMILES string of the molecule is CC(=O)[C@H](CCCNC(=O)CCOCCOCCOCCOCCOCCOCCOCCOCCOCCOCCOCCOCCN(C[C@H](O)[C@@H](O)[C@H](O)[C@H](O)CO)C[C@H](O)[C@@H](O)[C@H](O)[C@H](O)CO)NC(=O)CCOCCOCCOCCOCCOCCOCCOCCOCCOCCOCCOCCOCCN(C[C@H](O)[C@@H](O)[C@H](O)[C@H](O)CO)C[C@H](O)[C@@H](O)[C@H](O)[C@H](O)CO. The molecule has 806 valence electrons. The zero-order valence-corrected chi connectivity index (χ0v) is 78.7. The highest BCUT2D eigenvalue weighted by molar-refractivity contribution is 5.87. The summed E-state index contributed by atoms with van der Waals surface area (Å²) in [6.07, 6.45) is -27.8. The lowest BCUT2D eigenvalue weighted by atomic mass is 10.0. The number of carbonyl (C=O) groups is 3. The first kappa shape index (κ1) is 132. The molecule has 0 aliphatic carbocycles. The van der Waals surface area contributed by atoms with Crippen LogP contribution >= 0.6 is 0 Å². The van der Waals surface area contributed by atoms with E-state index in [0.29, 0.717) is 264 Å². The summed E-state index contributed by atoms with van der Waals surface area (Å²) in [4.78, 5) is 39.7. The molecule has 0 heterocycles. The van der Waals surface area contributed by atoms with Crippen molar-refractivity contribution in [2.75, 3.05) is 389 Å². The lowest BCUT2D eigenvalue weighted by Gasteiger charge is -2.33. The summed E-state index contributed by atoms with van der Waals surface area (Å²) < 4.78 is 132.